The summed E-state index contributed by atoms with van der Waals surface area (Å²) >= 11 is 0. The minimum absolute atomic E-state index is 0.365. The van der Waals surface area contributed by atoms with Gasteiger partial charge in [0, 0.05) is 19.5 Å². The van der Waals surface area contributed by atoms with Crippen molar-refractivity contribution in [1.29, 1.82) is 0 Å². The van der Waals surface area contributed by atoms with Crippen molar-refractivity contribution in [1.82, 2.24) is 4.90 Å². The molecule has 1 fully saturated rings. The van der Waals surface area contributed by atoms with Gasteiger partial charge in [-0.25, -0.2) is 0 Å². The highest BCUT2D eigenvalue weighted by Gasteiger charge is 2.22. The average molecular weight is 211 g/mol. The van der Waals surface area contributed by atoms with E-state index in [-0.39, 0.29) is 0 Å². The van der Waals surface area contributed by atoms with Crippen molar-refractivity contribution in [3.8, 4) is 0 Å². The monoisotopic (exact) mass is 211 g/mol. The lowest BCUT2D eigenvalue weighted by molar-refractivity contribution is -0.127. The van der Waals surface area contributed by atoms with Crippen molar-refractivity contribution in [2.75, 3.05) is 13.1 Å². The molecule has 1 saturated heterocycles. The van der Waals surface area contributed by atoms with Gasteiger partial charge in [0.25, 0.3) is 0 Å². The highest BCUT2D eigenvalue weighted by molar-refractivity contribution is 5.77. The zero-order valence-electron chi connectivity index (χ0n) is 10.5. The number of likely N-dealkylation sites (tertiary alicyclic amines) is 1. The number of amides is 1. The molecule has 0 spiro atoms. The maximum atomic E-state index is 11.4. The van der Waals surface area contributed by atoms with E-state index in [4.69, 9.17) is 0 Å². The normalized spacial score (nSPS) is 17.5. The Balaban J connectivity index is 2.23. The lowest BCUT2D eigenvalue weighted by Crippen LogP contribution is -2.27. The molecule has 0 N–H and O–H groups in total. The third kappa shape index (κ3) is 3.51. The van der Waals surface area contributed by atoms with Gasteiger partial charge in [-0.05, 0) is 24.7 Å². The molecule has 1 aliphatic heterocycles. The van der Waals surface area contributed by atoms with Crippen LogP contribution in [0.15, 0.2) is 0 Å². The molecule has 0 radical (unpaired) electrons. The molecule has 0 bridgehead atoms. The highest BCUT2D eigenvalue weighted by atomic mass is 16.2. The van der Waals surface area contributed by atoms with Crippen LogP contribution in [-0.4, -0.2) is 23.9 Å². The van der Waals surface area contributed by atoms with Crippen LogP contribution in [0.3, 0.4) is 0 Å². The largest absolute Gasteiger partial charge is 0.343 e. The van der Waals surface area contributed by atoms with Gasteiger partial charge < -0.3 is 4.90 Å². The SMILES string of the molecule is CCC(C)(CC)CCCN1CCCC1=O. The summed E-state index contributed by atoms with van der Waals surface area (Å²) in [5.74, 6) is 0.365. The summed E-state index contributed by atoms with van der Waals surface area (Å²) in [5.41, 5.74) is 0.489. The van der Waals surface area contributed by atoms with Crippen LogP contribution in [0, 0.1) is 5.41 Å². The third-order valence-electron chi connectivity index (χ3n) is 4.09. The molecule has 1 rings (SSSR count). The van der Waals surface area contributed by atoms with E-state index >= 15 is 0 Å². The summed E-state index contributed by atoms with van der Waals surface area (Å²) in [6.07, 6.45) is 6.76. The van der Waals surface area contributed by atoms with Crippen LogP contribution in [0.5, 0.6) is 0 Å². The molecule has 88 valence electrons. The minimum atomic E-state index is 0.365. The summed E-state index contributed by atoms with van der Waals surface area (Å²) in [7, 11) is 0. The first-order chi connectivity index (χ1) is 7.11. The molecule has 2 heteroatoms. The number of nitrogens with zero attached hydrogens (tertiary/aromatic N) is 1. The quantitative estimate of drug-likeness (QED) is 0.660. The molecule has 1 amide bonds. The summed E-state index contributed by atoms with van der Waals surface area (Å²) in [4.78, 5) is 13.4. The molecule has 0 atom stereocenters. The summed E-state index contributed by atoms with van der Waals surface area (Å²) < 4.78 is 0. The number of hydrogen-bond donors (Lipinski definition) is 0. The third-order valence-corrected chi connectivity index (χ3v) is 4.09. The van der Waals surface area contributed by atoms with Crippen molar-refractivity contribution in [3.05, 3.63) is 0 Å². The van der Waals surface area contributed by atoms with Crippen LogP contribution < -0.4 is 0 Å². The molecule has 15 heavy (non-hydrogen) atoms. The zero-order valence-corrected chi connectivity index (χ0v) is 10.5. The van der Waals surface area contributed by atoms with Crippen LogP contribution in [0.2, 0.25) is 0 Å². The fourth-order valence-corrected chi connectivity index (χ4v) is 2.24. The Morgan fingerprint density at radius 2 is 2.00 bits per heavy atom. The Hall–Kier alpha value is -0.530. The molecular weight excluding hydrogens is 186 g/mol. The van der Waals surface area contributed by atoms with Crippen LogP contribution >= 0.6 is 0 Å². The fraction of sp³-hybridized carbons (Fsp3) is 0.923. The van der Waals surface area contributed by atoms with E-state index in [1.54, 1.807) is 0 Å². The van der Waals surface area contributed by atoms with Gasteiger partial charge in [-0.2, -0.15) is 0 Å². The molecule has 0 saturated carbocycles. The Labute approximate surface area is 94.0 Å². The van der Waals surface area contributed by atoms with Crippen molar-refractivity contribution >= 4 is 5.91 Å². The topological polar surface area (TPSA) is 20.3 Å². The van der Waals surface area contributed by atoms with Crippen molar-refractivity contribution in [2.45, 2.75) is 59.3 Å². The van der Waals surface area contributed by atoms with Crippen molar-refractivity contribution < 1.29 is 4.79 Å². The molecular formula is C13H25NO. The Kier molecular flexibility index (Phi) is 4.62. The standard InChI is InChI=1S/C13H25NO/c1-4-13(3,5-2)9-7-11-14-10-6-8-12(14)15/h4-11H2,1-3H3. The van der Waals surface area contributed by atoms with E-state index in [1.807, 2.05) is 4.90 Å². The average Bonchev–Trinajstić information content (AvgIpc) is 2.64. The molecule has 0 unspecified atom stereocenters. The number of carbonyl (C=O) groups is 1. The van der Waals surface area contributed by atoms with E-state index in [1.165, 1.54) is 25.7 Å². The van der Waals surface area contributed by atoms with Crippen LogP contribution in [0.25, 0.3) is 0 Å². The van der Waals surface area contributed by atoms with Gasteiger partial charge in [0.1, 0.15) is 0 Å². The number of hydrogen-bond acceptors (Lipinski definition) is 1. The smallest absolute Gasteiger partial charge is 0.222 e. The van der Waals surface area contributed by atoms with E-state index < -0.39 is 0 Å². The Bertz CT molecular complexity index is 209. The van der Waals surface area contributed by atoms with E-state index in [2.05, 4.69) is 20.8 Å². The first-order valence-corrected chi connectivity index (χ1v) is 6.39. The number of rotatable bonds is 6. The highest BCUT2D eigenvalue weighted by Crippen LogP contribution is 2.31. The fourth-order valence-electron chi connectivity index (χ4n) is 2.24. The summed E-state index contributed by atoms with van der Waals surface area (Å²) in [6, 6.07) is 0. The number of carbonyl (C=O) groups excluding carboxylic acids is 1. The van der Waals surface area contributed by atoms with Gasteiger partial charge in [0.15, 0.2) is 0 Å². The predicted molar refractivity (Wildman–Crippen MR) is 63.7 cm³/mol. The van der Waals surface area contributed by atoms with Crippen LogP contribution in [0.1, 0.15) is 59.3 Å². The lowest BCUT2D eigenvalue weighted by Gasteiger charge is -2.27. The van der Waals surface area contributed by atoms with E-state index in [9.17, 15) is 4.79 Å². The second kappa shape index (κ2) is 5.53. The summed E-state index contributed by atoms with van der Waals surface area (Å²) in [5, 5.41) is 0. The second-order valence-corrected chi connectivity index (χ2v) is 5.11. The first-order valence-electron chi connectivity index (χ1n) is 6.39. The molecule has 0 aliphatic carbocycles. The van der Waals surface area contributed by atoms with Crippen molar-refractivity contribution in [2.24, 2.45) is 5.41 Å². The van der Waals surface area contributed by atoms with Crippen LogP contribution in [-0.2, 0) is 4.79 Å². The van der Waals surface area contributed by atoms with Gasteiger partial charge in [0.05, 0.1) is 0 Å². The van der Waals surface area contributed by atoms with Gasteiger partial charge in [0.2, 0.25) is 5.91 Å². The Morgan fingerprint density at radius 1 is 1.33 bits per heavy atom. The van der Waals surface area contributed by atoms with E-state index in [0.717, 1.165) is 25.9 Å². The lowest BCUT2D eigenvalue weighted by atomic mass is 9.80. The van der Waals surface area contributed by atoms with Crippen LogP contribution in [0.4, 0.5) is 0 Å². The first kappa shape index (κ1) is 12.5. The summed E-state index contributed by atoms with van der Waals surface area (Å²) in [6.45, 7) is 8.87. The van der Waals surface area contributed by atoms with Gasteiger partial charge in [-0.1, -0.05) is 33.6 Å². The maximum Gasteiger partial charge on any atom is 0.222 e. The molecule has 1 heterocycles. The van der Waals surface area contributed by atoms with Gasteiger partial charge in [-0.15, -0.1) is 0 Å². The molecule has 1 aliphatic rings. The molecule has 0 aromatic carbocycles. The van der Waals surface area contributed by atoms with Gasteiger partial charge >= 0.3 is 0 Å². The van der Waals surface area contributed by atoms with Gasteiger partial charge in [-0.3, -0.25) is 4.79 Å². The molecule has 0 aromatic rings. The molecule has 0 aromatic heterocycles. The molecule has 2 nitrogen and oxygen atoms in total. The maximum absolute atomic E-state index is 11.4. The minimum Gasteiger partial charge on any atom is -0.343 e. The predicted octanol–water partition coefficient (Wildman–Crippen LogP) is 3.22. The van der Waals surface area contributed by atoms with Crippen molar-refractivity contribution in [3.63, 3.8) is 0 Å². The zero-order chi connectivity index (χ0) is 11.3. The van der Waals surface area contributed by atoms with E-state index in [0.29, 0.717) is 11.3 Å². The Morgan fingerprint density at radius 3 is 2.47 bits per heavy atom. The second-order valence-electron chi connectivity index (χ2n) is 5.11.